The molecule has 1 aromatic carbocycles. The predicted molar refractivity (Wildman–Crippen MR) is 102 cm³/mol. The van der Waals surface area contributed by atoms with Crippen LogP contribution < -0.4 is 16.4 Å². The molecule has 2 heterocycles. The van der Waals surface area contributed by atoms with Gasteiger partial charge in [0.2, 0.25) is 0 Å². The average Bonchev–Trinajstić information content (AvgIpc) is 3.26. The summed E-state index contributed by atoms with van der Waals surface area (Å²) in [6, 6.07) is 8.23. The zero-order valence-electron chi connectivity index (χ0n) is 13.7. The van der Waals surface area contributed by atoms with Crippen molar-refractivity contribution in [1.29, 1.82) is 0 Å². The third-order valence-corrected chi connectivity index (χ3v) is 5.28. The second-order valence-electron chi connectivity index (χ2n) is 6.26. The molecular weight excluding hydrogens is 334 g/mol. The standard InChI is InChI=1S/C18H19N5OS/c19-18(24)13-9-20-17(8-15(13)22-11-3-1-2-4-11)23-12-5-6-14-16(7-12)25-10-21-14/h5-11H,1-4H2,(H2,19,24)(H2,20,22,23). The van der Waals surface area contributed by atoms with Gasteiger partial charge in [0, 0.05) is 24.0 Å². The highest BCUT2D eigenvalue weighted by atomic mass is 32.1. The van der Waals surface area contributed by atoms with Crippen LogP contribution in [-0.2, 0) is 0 Å². The molecule has 25 heavy (non-hydrogen) atoms. The van der Waals surface area contributed by atoms with E-state index in [2.05, 4.69) is 20.6 Å². The van der Waals surface area contributed by atoms with Crippen LogP contribution in [-0.4, -0.2) is 21.9 Å². The Kier molecular flexibility index (Phi) is 4.23. The fourth-order valence-corrected chi connectivity index (χ4v) is 3.93. The van der Waals surface area contributed by atoms with Crippen molar-refractivity contribution in [3.63, 3.8) is 0 Å². The van der Waals surface area contributed by atoms with Crippen LogP contribution in [0.2, 0.25) is 0 Å². The number of fused-ring (bicyclic) bond motifs is 1. The van der Waals surface area contributed by atoms with Gasteiger partial charge in [0.25, 0.3) is 5.91 Å². The van der Waals surface area contributed by atoms with Crippen LogP contribution in [0.5, 0.6) is 0 Å². The second kappa shape index (κ2) is 6.68. The van der Waals surface area contributed by atoms with Crippen LogP contribution >= 0.6 is 11.3 Å². The highest BCUT2D eigenvalue weighted by Gasteiger charge is 2.18. The van der Waals surface area contributed by atoms with Crippen LogP contribution in [0.3, 0.4) is 0 Å². The minimum Gasteiger partial charge on any atom is -0.382 e. The summed E-state index contributed by atoms with van der Waals surface area (Å²) < 4.78 is 1.11. The maximum absolute atomic E-state index is 11.7. The maximum Gasteiger partial charge on any atom is 0.252 e. The smallest absolute Gasteiger partial charge is 0.252 e. The first-order valence-corrected chi connectivity index (χ1v) is 9.24. The topological polar surface area (TPSA) is 92.9 Å². The molecule has 0 unspecified atom stereocenters. The Balaban J connectivity index is 1.61. The first-order valence-electron chi connectivity index (χ1n) is 8.36. The Bertz CT molecular complexity index is 917. The summed E-state index contributed by atoms with van der Waals surface area (Å²) >= 11 is 1.60. The van der Waals surface area contributed by atoms with Crippen LogP contribution in [0, 0.1) is 0 Å². The van der Waals surface area contributed by atoms with Gasteiger partial charge >= 0.3 is 0 Å². The van der Waals surface area contributed by atoms with E-state index in [9.17, 15) is 4.79 Å². The third kappa shape index (κ3) is 3.41. The van der Waals surface area contributed by atoms with Gasteiger partial charge in [-0.3, -0.25) is 4.79 Å². The van der Waals surface area contributed by atoms with Crippen molar-refractivity contribution in [2.45, 2.75) is 31.7 Å². The van der Waals surface area contributed by atoms with Crippen molar-refractivity contribution < 1.29 is 4.79 Å². The number of aromatic nitrogens is 2. The van der Waals surface area contributed by atoms with Crippen LogP contribution in [0.15, 0.2) is 36.0 Å². The third-order valence-electron chi connectivity index (χ3n) is 4.49. The molecule has 1 aliphatic rings. The predicted octanol–water partition coefficient (Wildman–Crippen LogP) is 3.89. The lowest BCUT2D eigenvalue weighted by molar-refractivity contribution is 0.100. The van der Waals surface area contributed by atoms with E-state index in [-0.39, 0.29) is 0 Å². The van der Waals surface area contributed by atoms with E-state index >= 15 is 0 Å². The number of primary amides is 1. The lowest BCUT2D eigenvalue weighted by Gasteiger charge is -2.17. The normalized spacial score (nSPS) is 14.7. The van der Waals surface area contributed by atoms with Crippen LogP contribution in [0.4, 0.5) is 17.2 Å². The summed E-state index contributed by atoms with van der Waals surface area (Å²) in [5, 5.41) is 6.75. The first kappa shape index (κ1) is 15.8. The summed E-state index contributed by atoms with van der Waals surface area (Å²) in [5.41, 5.74) is 10.4. The number of carbonyl (C=O) groups is 1. The van der Waals surface area contributed by atoms with Crippen molar-refractivity contribution in [1.82, 2.24) is 9.97 Å². The van der Waals surface area contributed by atoms with Crippen LogP contribution in [0.1, 0.15) is 36.0 Å². The lowest BCUT2D eigenvalue weighted by atomic mass is 10.1. The number of carbonyl (C=O) groups excluding carboxylic acids is 1. The molecule has 1 saturated carbocycles. The van der Waals surface area contributed by atoms with E-state index in [1.807, 2.05) is 29.8 Å². The zero-order chi connectivity index (χ0) is 17.2. The van der Waals surface area contributed by atoms with Gasteiger partial charge in [0.15, 0.2) is 0 Å². The molecule has 7 heteroatoms. The van der Waals surface area contributed by atoms with Gasteiger partial charge in [-0.05, 0) is 31.0 Å². The van der Waals surface area contributed by atoms with Crippen molar-refractivity contribution in [3.8, 4) is 0 Å². The summed E-state index contributed by atoms with van der Waals surface area (Å²) in [7, 11) is 0. The Morgan fingerprint density at radius 2 is 2.04 bits per heavy atom. The quantitative estimate of drug-likeness (QED) is 0.647. The molecular formula is C18H19N5OS. The molecule has 0 bridgehead atoms. The van der Waals surface area contributed by atoms with Gasteiger partial charge in [-0.15, -0.1) is 11.3 Å². The summed E-state index contributed by atoms with van der Waals surface area (Å²) in [6.45, 7) is 0. The number of anilines is 3. The first-order chi connectivity index (χ1) is 12.2. The van der Waals surface area contributed by atoms with Crippen molar-refractivity contribution in [3.05, 3.63) is 41.5 Å². The summed E-state index contributed by atoms with van der Waals surface area (Å²) in [5.74, 6) is 0.208. The molecule has 128 valence electrons. The van der Waals surface area contributed by atoms with Gasteiger partial charge in [-0.1, -0.05) is 12.8 Å². The molecule has 0 saturated heterocycles. The number of rotatable bonds is 5. The SMILES string of the molecule is NC(=O)c1cnc(Nc2ccc3ncsc3c2)cc1NC1CCCC1. The highest BCUT2D eigenvalue weighted by molar-refractivity contribution is 7.16. The lowest BCUT2D eigenvalue weighted by Crippen LogP contribution is -2.20. The molecule has 6 nitrogen and oxygen atoms in total. The number of nitrogens with one attached hydrogen (secondary N) is 2. The van der Waals surface area contributed by atoms with Crippen LogP contribution in [0.25, 0.3) is 10.2 Å². The molecule has 3 aromatic rings. The number of nitrogens with zero attached hydrogens (tertiary/aromatic N) is 2. The fourth-order valence-electron chi connectivity index (χ4n) is 3.21. The number of amides is 1. The molecule has 0 atom stereocenters. The Morgan fingerprint density at radius 3 is 2.84 bits per heavy atom. The minimum atomic E-state index is -0.467. The number of benzene rings is 1. The molecule has 2 aromatic heterocycles. The second-order valence-corrected chi connectivity index (χ2v) is 7.15. The Labute approximate surface area is 149 Å². The number of hydrogen-bond acceptors (Lipinski definition) is 6. The van der Waals surface area contributed by atoms with Gasteiger partial charge in [-0.2, -0.15) is 0 Å². The van der Waals surface area contributed by atoms with Gasteiger partial charge in [0.05, 0.1) is 27.0 Å². The molecule has 4 N–H and O–H groups in total. The monoisotopic (exact) mass is 353 g/mol. The number of thiazole rings is 1. The minimum absolute atomic E-state index is 0.391. The van der Waals surface area contributed by atoms with E-state index in [0.29, 0.717) is 17.4 Å². The molecule has 0 aliphatic heterocycles. The molecule has 1 fully saturated rings. The van der Waals surface area contributed by atoms with Gasteiger partial charge in [-0.25, -0.2) is 9.97 Å². The average molecular weight is 353 g/mol. The zero-order valence-corrected chi connectivity index (χ0v) is 14.5. The largest absolute Gasteiger partial charge is 0.382 e. The van der Waals surface area contributed by atoms with E-state index in [4.69, 9.17) is 5.73 Å². The van der Waals surface area contributed by atoms with Gasteiger partial charge < -0.3 is 16.4 Å². The summed E-state index contributed by atoms with van der Waals surface area (Å²) in [4.78, 5) is 20.3. The van der Waals surface area contributed by atoms with E-state index in [0.717, 1.165) is 34.4 Å². The van der Waals surface area contributed by atoms with Crippen molar-refractivity contribution in [2.24, 2.45) is 5.73 Å². The van der Waals surface area contributed by atoms with E-state index < -0.39 is 5.91 Å². The molecule has 0 spiro atoms. The Hall–Kier alpha value is -2.67. The maximum atomic E-state index is 11.7. The molecule has 1 aliphatic carbocycles. The van der Waals surface area contributed by atoms with Crippen molar-refractivity contribution >= 4 is 44.7 Å². The summed E-state index contributed by atoms with van der Waals surface area (Å²) in [6.07, 6.45) is 6.20. The van der Waals surface area contributed by atoms with E-state index in [1.54, 1.807) is 11.3 Å². The Morgan fingerprint density at radius 1 is 1.20 bits per heavy atom. The number of pyridine rings is 1. The molecule has 0 radical (unpaired) electrons. The van der Waals surface area contributed by atoms with Gasteiger partial charge in [0.1, 0.15) is 5.82 Å². The van der Waals surface area contributed by atoms with Crippen molar-refractivity contribution in [2.75, 3.05) is 10.6 Å². The number of hydrogen-bond donors (Lipinski definition) is 3. The molecule has 1 amide bonds. The highest BCUT2D eigenvalue weighted by Crippen LogP contribution is 2.28. The molecule has 4 rings (SSSR count). The fraction of sp³-hybridized carbons (Fsp3) is 0.278. The van der Waals surface area contributed by atoms with E-state index in [1.165, 1.54) is 19.0 Å². The number of nitrogens with two attached hydrogens (primary N) is 1.